The maximum atomic E-state index is 10.1. The molecule has 0 aromatic heterocycles. The van der Waals surface area contributed by atoms with E-state index in [1.807, 2.05) is 0 Å². The van der Waals surface area contributed by atoms with E-state index < -0.39 is 6.09 Å². The number of hydrogen-bond donors (Lipinski definition) is 3. The zero-order chi connectivity index (χ0) is 8.27. The van der Waals surface area contributed by atoms with Crippen molar-refractivity contribution in [2.45, 2.75) is 19.4 Å². The molecule has 4 heteroatoms. The molecule has 1 amide bonds. The van der Waals surface area contributed by atoms with E-state index >= 15 is 0 Å². The quantitative estimate of drug-likeness (QED) is 0.540. The van der Waals surface area contributed by atoms with Gasteiger partial charge < -0.3 is 15.7 Å². The van der Waals surface area contributed by atoms with E-state index in [9.17, 15) is 4.79 Å². The highest BCUT2D eigenvalue weighted by Gasteiger charge is 2.20. The normalized spacial score (nSPS) is 30.3. The Balaban J connectivity index is 2.13. The predicted octanol–water partition coefficient (Wildman–Crippen LogP) is 0.252. The van der Waals surface area contributed by atoms with Gasteiger partial charge in [0.25, 0.3) is 0 Å². The van der Waals surface area contributed by atoms with Crippen molar-refractivity contribution in [3.05, 3.63) is 0 Å². The van der Waals surface area contributed by atoms with Gasteiger partial charge in [-0.1, -0.05) is 0 Å². The molecule has 1 rings (SSSR count). The van der Waals surface area contributed by atoms with Gasteiger partial charge in [0.1, 0.15) is 0 Å². The maximum Gasteiger partial charge on any atom is 0.404 e. The summed E-state index contributed by atoms with van der Waals surface area (Å²) in [6.45, 7) is 3.62. The third-order valence-electron chi connectivity index (χ3n) is 1.98. The Hall–Kier alpha value is -0.770. The fourth-order valence-corrected chi connectivity index (χ4v) is 1.42. The molecular weight excluding hydrogens is 144 g/mol. The average molecular weight is 158 g/mol. The lowest BCUT2D eigenvalue weighted by Gasteiger charge is -2.06. The topological polar surface area (TPSA) is 61.4 Å². The Morgan fingerprint density at radius 3 is 3.00 bits per heavy atom. The molecule has 0 saturated carbocycles. The van der Waals surface area contributed by atoms with Crippen LogP contribution in [0.5, 0.6) is 0 Å². The van der Waals surface area contributed by atoms with Gasteiger partial charge in [0.05, 0.1) is 0 Å². The molecule has 1 aliphatic heterocycles. The second-order valence-electron chi connectivity index (χ2n) is 3.10. The highest BCUT2D eigenvalue weighted by Crippen LogP contribution is 2.11. The smallest absolute Gasteiger partial charge is 0.404 e. The molecule has 0 bridgehead atoms. The van der Waals surface area contributed by atoms with Crippen LogP contribution < -0.4 is 10.6 Å². The number of carboxylic acid groups (broad SMARTS) is 1. The van der Waals surface area contributed by atoms with Crippen LogP contribution in [-0.2, 0) is 0 Å². The van der Waals surface area contributed by atoms with Crippen molar-refractivity contribution >= 4 is 6.09 Å². The third-order valence-corrected chi connectivity index (χ3v) is 1.98. The van der Waals surface area contributed by atoms with Crippen LogP contribution in [0.3, 0.4) is 0 Å². The minimum absolute atomic E-state index is 0.473. The van der Waals surface area contributed by atoms with Gasteiger partial charge in [-0.25, -0.2) is 4.79 Å². The summed E-state index contributed by atoms with van der Waals surface area (Å²) < 4.78 is 0. The number of hydrogen-bond acceptors (Lipinski definition) is 2. The Bertz CT molecular complexity index is 149. The molecule has 0 aliphatic carbocycles. The van der Waals surface area contributed by atoms with E-state index in [1.165, 1.54) is 0 Å². The van der Waals surface area contributed by atoms with Crippen LogP contribution in [0.1, 0.15) is 13.3 Å². The number of nitrogens with one attached hydrogen (secondary N) is 2. The molecule has 1 fully saturated rings. The van der Waals surface area contributed by atoms with Gasteiger partial charge in [0.2, 0.25) is 0 Å². The molecule has 1 heterocycles. The highest BCUT2D eigenvalue weighted by molar-refractivity contribution is 5.64. The van der Waals surface area contributed by atoms with Crippen molar-refractivity contribution in [2.75, 3.05) is 13.1 Å². The van der Waals surface area contributed by atoms with Crippen LogP contribution in [0.4, 0.5) is 4.79 Å². The first-order valence-electron chi connectivity index (χ1n) is 3.88. The van der Waals surface area contributed by atoms with Crippen LogP contribution in [0.25, 0.3) is 0 Å². The van der Waals surface area contributed by atoms with Crippen molar-refractivity contribution < 1.29 is 9.90 Å². The maximum absolute atomic E-state index is 10.1. The molecule has 3 N–H and O–H groups in total. The monoisotopic (exact) mass is 158 g/mol. The molecule has 1 saturated heterocycles. The lowest BCUT2D eigenvalue weighted by molar-refractivity contribution is 0.192. The van der Waals surface area contributed by atoms with Crippen molar-refractivity contribution in [3.8, 4) is 0 Å². The van der Waals surface area contributed by atoms with Crippen molar-refractivity contribution in [1.82, 2.24) is 10.6 Å². The third kappa shape index (κ3) is 2.76. The largest absolute Gasteiger partial charge is 0.465 e. The first-order chi connectivity index (χ1) is 5.18. The second-order valence-corrected chi connectivity index (χ2v) is 3.10. The molecule has 11 heavy (non-hydrogen) atoms. The van der Waals surface area contributed by atoms with Crippen molar-refractivity contribution in [1.29, 1.82) is 0 Å². The fourth-order valence-electron chi connectivity index (χ4n) is 1.42. The summed E-state index contributed by atoms with van der Waals surface area (Å²) in [5.74, 6) is 0.473. The Morgan fingerprint density at radius 2 is 2.55 bits per heavy atom. The summed E-state index contributed by atoms with van der Waals surface area (Å²) >= 11 is 0. The van der Waals surface area contributed by atoms with E-state index in [1.54, 1.807) is 0 Å². The summed E-state index contributed by atoms with van der Waals surface area (Å²) in [5, 5.41) is 14.0. The van der Waals surface area contributed by atoms with Gasteiger partial charge >= 0.3 is 6.09 Å². The molecule has 2 unspecified atom stereocenters. The van der Waals surface area contributed by atoms with Crippen LogP contribution >= 0.6 is 0 Å². The van der Waals surface area contributed by atoms with Crippen LogP contribution in [-0.4, -0.2) is 30.3 Å². The molecule has 0 aromatic rings. The van der Waals surface area contributed by atoms with Crippen molar-refractivity contribution in [2.24, 2.45) is 5.92 Å². The zero-order valence-corrected chi connectivity index (χ0v) is 6.63. The Morgan fingerprint density at radius 1 is 1.82 bits per heavy atom. The van der Waals surface area contributed by atoms with Gasteiger partial charge in [-0.2, -0.15) is 0 Å². The number of rotatable bonds is 2. The summed E-state index contributed by atoms with van der Waals surface area (Å²) in [6.07, 6.45) is 0.143. The second kappa shape index (κ2) is 3.57. The van der Waals surface area contributed by atoms with E-state index in [4.69, 9.17) is 5.11 Å². The van der Waals surface area contributed by atoms with Gasteiger partial charge in [0, 0.05) is 12.6 Å². The molecule has 1 aliphatic rings. The van der Waals surface area contributed by atoms with Gasteiger partial charge in [-0.05, 0) is 25.8 Å². The molecule has 2 atom stereocenters. The molecule has 64 valence electrons. The van der Waals surface area contributed by atoms with E-state index in [-0.39, 0.29) is 0 Å². The molecule has 4 nitrogen and oxygen atoms in total. The molecule has 0 spiro atoms. The predicted molar refractivity (Wildman–Crippen MR) is 41.6 cm³/mol. The van der Waals surface area contributed by atoms with E-state index in [2.05, 4.69) is 17.6 Å². The zero-order valence-electron chi connectivity index (χ0n) is 6.63. The first-order valence-corrected chi connectivity index (χ1v) is 3.88. The van der Waals surface area contributed by atoms with Crippen LogP contribution in [0.2, 0.25) is 0 Å². The fraction of sp³-hybridized carbons (Fsp3) is 0.857. The summed E-state index contributed by atoms with van der Waals surface area (Å²) in [6, 6.07) is 0.538. The molecular formula is C7H14N2O2. The van der Waals surface area contributed by atoms with Crippen LogP contribution in [0, 0.1) is 5.92 Å². The molecule has 0 aromatic carbocycles. The minimum Gasteiger partial charge on any atom is -0.465 e. The summed E-state index contributed by atoms with van der Waals surface area (Å²) in [5.41, 5.74) is 0. The lowest BCUT2D eigenvalue weighted by atomic mass is 10.1. The van der Waals surface area contributed by atoms with E-state index in [0.29, 0.717) is 18.5 Å². The highest BCUT2D eigenvalue weighted by atomic mass is 16.4. The van der Waals surface area contributed by atoms with Gasteiger partial charge in [-0.15, -0.1) is 0 Å². The van der Waals surface area contributed by atoms with E-state index in [0.717, 1.165) is 13.0 Å². The SMILES string of the molecule is CC1CC(CNC(=O)O)CN1. The van der Waals surface area contributed by atoms with Gasteiger partial charge in [-0.3, -0.25) is 0 Å². The minimum atomic E-state index is -0.926. The van der Waals surface area contributed by atoms with Crippen molar-refractivity contribution in [3.63, 3.8) is 0 Å². The Labute approximate surface area is 66.0 Å². The number of carbonyl (C=O) groups is 1. The lowest BCUT2D eigenvalue weighted by Crippen LogP contribution is -2.28. The Kier molecular flexibility index (Phi) is 2.70. The van der Waals surface area contributed by atoms with Crippen LogP contribution in [0.15, 0.2) is 0 Å². The standard InChI is InChI=1S/C7H14N2O2/c1-5-2-6(3-8-5)4-9-7(10)11/h5-6,8-9H,2-4H2,1H3,(H,10,11). The number of amides is 1. The summed E-state index contributed by atoms with van der Waals surface area (Å²) in [4.78, 5) is 10.1. The molecule has 0 radical (unpaired) electrons. The first kappa shape index (κ1) is 8.33. The van der Waals surface area contributed by atoms with Gasteiger partial charge in [0.15, 0.2) is 0 Å². The average Bonchev–Trinajstić information content (AvgIpc) is 2.31. The summed E-state index contributed by atoms with van der Waals surface area (Å²) in [7, 11) is 0.